The molecule has 4 rings (SSSR count). The number of ether oxygens (including phenoxy) is 1. The summed E-state index contributed by atoms with van der Waals surface area (Å²) in [4.78, 5) is 42.2. The molecule has 29 heavy (non-hydrogen) atoms. The first kappa shape index (κ1) is 19.7. The predicted molar refractivity (Wildman–Crippen MR) is 107 cm³/mol. The highest BCUT2D eigenvalue weighted by molar-refractivity contribution is 7.14. The SMILES string of the molecule is O=C(OCC(=O)N1CCN(C(=O)c2ccco2)CC1)c1cc2c(s1)CCCCC2. The van der Waals surface area contributed by atoms with Crippen molar-refractivity contribution >= 4 is 29.1 Å². The fourth-order valence-electron chi connectivity index (χ4n) is 3.77. The number of hydrogen-bond donors (Lipinski definition) is 0. The zero-order chi connectivity index (χ0) is 20.2. The molecule has 0 aromatic carbocycles. The van der Waals surface area contributed by atoms with E-state index in [-0.39, 0.29) is 18.4 Å². The van der Waals surface area contributed by atoms with E-state index in [1.807, 2.05) is 6.07 Å². The lowest BCUT2D eigenvalue weighted by Gasteiger charge is -2.34. The molecule has 0 radical (unpaired) electrons. The molecular formula is C21H24N2O5S. The molecule has 0 saturated carbocycles. The van der Waals surface area contributed by atoms with Crippen molar-refractivity contribution in [2.75, 3.05) is 32.8 Å². The van der Waals surface area contributed by atoms with E-state index >= 15 is 0 Å². The van der Waals surface area contributed by atoms with Gasteiger partial charge in [-0.15, -0.1) is 11.3 Å². The van der Waals surface area contributed by atoms with Crippen LogP contribution in [0.1, 0.15) is 49.9 Å². The van der Waals surface area contributed by atoms with Gasteiger partial charge in [0.15, 0.2) is 12.4 Å². The topological polar surface area (TPSA) is 80.1 Å². The molecule has 0 unspecified atom stereocenters. The Balaban J connectivity index is 1.25. The van der Waals surface area contributed by atoms with Crippen molar-refractivity contribution in [3.63, 3.8) is 0 Å². The van der Waals surface area contributed by atoms with Gasteiger partial charge >= 0.3 is 5.97 Å². The van der Waals surface area contributed by atoms with E-state index in [1.165, 1.54) is 34.5 Å². The van der Waals surface area contributed by atoms with Crippen LogP contribution in [0.4, 0.5) is 0 Å². The van der Waals surface area contributed by atoms with Crippen LogP contribution >= 0.6 is 11.3 Å². The Morgan fingerprint density at radius 1 is 1.03 bits per heavy atom. The maximum atomic E-state index is 12.4. The van der Waals surface area contributed by atoms with Gasteiger partial charge in [0, 0.05) is 31.1 Å². The van der Waals surface area contributed by atoms with Crippen molar-refractivity contribution in [2.24, 2.45) is 0 Å². The van der Waals surface area contributed by atoms with Gasteiger partial charge in [-0.2, -0.15) is 0 Å². The molecule has 2 aliphatic rings. The molecule has 7 nitrogen and oxygen atoms in total. The van der Waals surface area contributed by atoms with Gasteiger partial charge in [-0.05, 0) is 49.4 Å². The summed E-state index contributed by atoms with van der Waals surface area (Å²) in [6, 6.07) is 5.23. The van der Waals surface area contributed by atoms with E-state index in [1.54, 1.807) is 21.9 Å². The lowest BCUT2D eigenvalue weighted by molar-refractivity contribution is -0.136. The van der Waals surface area contributed by atoms with Gasteiger partial charge in [0.2, 0.25) is 0 Å². The number of rotatable bonds is 4. The molecular weight excluding hydrogens is 392 g/mol. The number of aryl methyl sites for hydroxylation is 2. The second-order valence-electron chi connectivity index (χ2n) is 7.35. The number of fused-ring (bicyclic) bond motifs is 1. The van der Waals surface area contributed by atoms with Crippen LogP contribution in [0.25, 0.3) is 0 Å². The van der Waals surface area contributed by atoms with Crippen molar-refractivity contribution in [3.05, 3.63) is 45.5 Å². The summed E-state index contributed by atoms with van der Waals surface area (Å²) in [5, 5.41) is 0. The number of amides is 2. The zero-order valence-electron chi connectivity index (χ0n) is 16.2. The Labute approximate surface area is 173 Å². The highest BCUT2D eigenvalue weighted by Crippen LogP contribution is 2.29. The summed E-state index contributed by atoms with van der Waals surface area (Å²) in [5.74, 6) is -0.538. The lowest BCUT2D eigenvalue weighted by Crippen LogP contribution is -2.51. The number of furan rings is 1. The lowest BCUT2D eigenvalue weighted by atomic mass is 10.1. The van der Waals surface area contributed by atoms with Crippen LogP contribution in [0.5, 0.6) is 0 Å². The Kier molecular flexibility index (Phi) is 5.99. The minimum atomic E-state index is -0.428. The summed E-state index contributed by atoms with van der Waals surface area (Å²) in [5.41, 5.74) is 1.25. The molecule has 1 fully saturated rings. The molecule has 1 aliphatic heterocycles. The Bertz CT molecular complexity index is 858. The molecule has 0 spiro atoms. The second-order valence-corrected chi connectivity index (χ2v) is 8.48. The number of carbonyl (C=O) groups is 3. The fourth-order valence-corrected chi connectivity index (χ4v) is 4.92. The number of thiophene rings is 1. The summed E-state index contributed by atoms with van der Waals surface area (Å²) in [7, 11) is 0. The van der Waals surface area contributed by atoms with Gasteiger partial charge in [-0.1, -0.05) is 6.42 Å². The molecule has 2 aromatic rings. The number of piperazine rings is 1. The normalized spacial score (nSPS) is 16.8. The first-order chi connectivity index (χ1) is 14.1. The van der Waals surface area contributed by atoms with Crippen LogP contribution in [-0.4, -0.2) is 60.4 Å². The van der Waals surface area contributed by atoms with Crippen LogP contribution in [-0.2, 0) is 22.4 Å². The molecule has 0 bridgehead atoms. The van der Waals surface area contributed by atoms with Crippen LogP contribution in [0.3, 0.4) is 0 Å². The van der Waals surface area contributed by atoms with E-state index in [0.717, 1.165) is 25.7 Å². The minimum absolute atomic E-state index is 0.175. The van der Waals surface area contributed by atoms with Crippen LogP contribution < -0.4 is 0 Å². The van der Waals surface area contributed by atoms with Crippen molar-refractivity contribution < 1.29 is 23.5 Å². The molecule has 0 atom stereocenters. The highest BCUT2D eigenvalue weighted by Gasteiger charge is 2.27. The van der Waals surface area contributed by atoms with Crippen molar-refractivity contribution in [3.8, 4) is 0 Å². The largest absolute Gasteiger partial charge is 0.459 e. The molecule has 154 valence electrons. The van der Waals surface area contributed by atoms with E-state index in [0.29, 0.717) is 36.8 Å². The first-order valence-corrected chi connectivity index (χ1v) is 10.8. The third-order valence-corrected chi connectivity index (χ3v) is 6.64. The highest BCUT2D eigenvalue weighted by atomic mass is 32.1. The van der Waals surface area contributed by atoms with E-state index in [9.17, 15) is 14.4 Å². The molecule has 0 N–H and O–H groups in total. The van der Waals surface area contributed by atoms with E-state index in [4.69, 9.17) is 9.15 Å². The molecule has 2 amide bonds. The van der Waals surface area contributed by atoms with Crippen LogP contribution in [0.15, 0.2) is 28.9 Å². The van der Waals surface area contributed by atoms with Gasteiger partial charge in [0.05, 0.1) is 6.26 Å². The average Bonchev–Trinajstić information content (AvgIpc) is 3.37. The monoisotopic (exact) mass is 416 g/mol. The van der Waals surface area contributed by atoms with Crippen LogP contribution in [0.2, 0.25) is 0 Å². The van der Waals surface area contributed by atoms with E-state index < -0.39 is 5.97 Å². The molecule has 3 heterocycles. The Morgan fingerprint density at radius 3 is 2.55 bits per heavy atom. The van der Waals surface area contributed by atoms with Gasteiger partial charge in [0.1, 0.15) is 4.88 Å². The molecule has 1 saturated heterocycles. The summed E-state index contributed by atoms with van der Waals surface area (Å²) < 4.78 is 10.4. The van der Waals surface area contributed by atoms with E-state index in [2.05, 4.69) is 0 Å². The van der Waals surface area contributed by atoms with Crippen LogP contribution in [0, 0.1) is 0 Å². The van der Waals surface area contributed by atoms with Gasteiger partial charge in [-0.3, -0.25) is 9.59 Å². The third-order valence-electron chi connectivity index (χ3n) is 5.43. The Morgan fingerprint density at radius 2 is 1.79 bits per heavy atom. The summed E-state index contributed by atoms with van der Waals surface area (Å²) in [6.45, 7) is 1.41. The summed E-state index contributed by atoms with van der Waals surface area (Å²) >= 11 is 1.49. The fraction of sp³-hybridized carbons (Fsp3) is 0.476. The molecule has 2 aromatic heterocycles. The van der Waals surface area contributed by atoms with Gasteiger partial charge in [-0.25, -0.2) is 4.79 Å². The average molecular weight is 416 g/mol. The zero-order valence-corrected chi connectivity index (χ0v) is 17.0. The van der Waals surface area contributed by atoms with Crippen molar-refractivity contribution in [2.45, 2.75) is 32.1 Å². The molecule has 8 heteroatoms. The summed E-state index contributed by atoms with van der Waals surface area (Å²) in [6.07, 6.45) is 7.05. The standard InChI is InChI=1S/C21H24N2O5S/c24-19(22-8-10-23(11-9-22)20(25)16-6-4-12-27-16)14-28-21(26)18-13-15-5-2-1-3-7-17(15)29-18/h4,6,12-13H,1-3,5,7-11,14H2. The number of carbonyl (C=O) groups excluding carboxylic acids is 3. The smallest absolute Gasteiger partial charge is 0.348 e. The van der Waals surface area contributed by atoms with Crippen molar-refractivity contribution in [1.29, 1.82) is 0 Å². The maximum Gasteiger partial charge on any atom is 0.348 e. The number of esters is 1. The number of nitrogens with zero attached hydrogens (tertiary/aromatic N) is 2. The molecule has 1 aliphatic carbocycles. The van der Waals surface area contributed by atoms with Gasteiger partial charge < -0.3 is 19.0 Å². The number of hydrogen-bond acceptors (Lipinski definition) is 6. The second kappa shape index (κ2) is 8.82. The minimum Gasteiger partial charge on any atom is -0.459 e. The Hall–Kier alpha value is -2.61. The third kappa shape index (κ3) is 4.53. The van der Waals surface area contributed by atoms with Crippen molar-refractivity contribution in [1.82, 2.24) is 9.80 Å². The first-order valence-electron chi connectivity index (χ1n) is 10.0. The maximum absolute atomic E-state index is 12.4. The predicted octanol–water partition coefficient (Wildman–Crippen LogP) is 2.75. The van der Waals surface area contributed by atoms with Gasteiger partial charge in [0.25, 0.3) is 11.8 Å². The quantitative estimate of drug-likeness (QED) is 0.566.